The standard InChI is InChI=1S/C16H16N4O3S/c1-12-5-6-13(20-7-3-4-8-20)9-14(12)19-24(21,22)16-10-15(23-2)17-11-18-16/h3-11,19H,1-2H3. The van der Waals surface area contributed by atoms with Crippen LogP contribution >= 0.6 is 0 Å². The minimum Gasteiger partial charge on any atom is -0.481 e. The fourth-order valence-electron chi connectivity index (χ4n) is 2.17. The Morgan fingerprint density at radius 1 is 1.12 bits per heavy atom. The molecule has 3 rings (SSSR count). The summed E-state index contributed by atoms with van der Waals surface area (Å²) in [6.07, 6.45) is 4.92. The van der Waals surface area contributed by atoms with Crippen LogP contribution in [0.1, 0.15) is 5.56 Å². The third-order valence-electron chi connectivity index (χ3n) is 3.47. The van der Waals surface area contributed by atoms with Gasteiger partial charge in [0.2, 0.25) is 5.88 Å². The molecule has 0 atom stereocenters. The Balaban J connectivity index is 1.96. The Morgan fingerprint density at radius 3 is 2.58 bits per heavy atom. The van der Waals surface area contributed by atoms with Crippen molar-refractivity contribution in [2.75, 3.05) is 11.8 Å². The Bertz CT molecular complexity index is 953. The van der Waals surface area contributed by atoms with Gasteiger partial charge in [-0.2, -0.15) is 8.42 Å². The molecule has 0 saturated heterocycles. The van der Waals surface area contributed by atoms with E-state index in [0.717, 1.165) is 17.6 Å². The van der Waals surface area contributed by atoms with Crippen LogP contribution in [0.25, 0.3) is 5.69 Å². The van der Waals surface area contributed by atoms with Gasteiger partial charge >= 0.3 is 0 Å². The maximum atomic E-state index is 12.6. The monoisotopic (exact) mass is 344 g/mol. The summed E-state index contributed by atoms with van der Waals surface area (Å²) < 4.78 is 34.5. The lowest BCUT2D eigenvalue weighted by molar-refractivity contribution is 0.394. The molecule has 0 unspecified atom stereocenters. The zero-order valence-corrected chi connectivity index (χ0v) is 14.0. The third-order valence-corrected chi connectivity index (χ3v) is 4.73. The number of aryl methyl sites for hydroxylation is 1. The summed E-state index contributed by atoms with van der Waals surface area (Å²) in [5.41, 5.74) is 2.14. The van der Waals surface area contributed by atoms with E-state index >= 15 is 0 Å². The number of aromatic nitrogens is 3. The van der Waals surface area contributed by atoms with Crippen molar-refractivity contribution in [3.05, 3.63) is 60.7 Å². The lowest BCUT2D eigenvalue weighted by Gasteiger charge is -2.12. The van der Waals surface area contributed by atoms with Gasteiger partial charge < -0.3 is 9.30 Å². The van der Waals surface area contributed by atoms with Crippen molar-refractivity contribution in [2.45, 2.75) is 11.9 Å². The van der Waals surface area contributed by atoms with Crippen LogP contribution in [0.4, 0.5) is 5.69 Å². The summed E-state index contributed by atoms with van der Waals surface area (Å²) in [6.45, 7) is 1.83. The Morgan fingerprint density at radius 2 is 1.88 bits per heavy atom. The van der Waals surface area contributed by atoms with Gasteiger partial charge in [0.05, 0.1) is 12.8 Å². The second-order valence-corrected chi connectivity index (χ2v) is 6.72. The van der Waals surface area contributed by atoms with E-state index in [4.69, 9.17) is 4.74 Å². The Labute approximate surface area is 140 Å². The molecule has 8 heteroatoms. The van der Waals surface area contributed by atoms with Gasteiger partial charge in [-0.3, -0.25) is 4.72 Å². The number of methoxy groups -OCH3 is 1. The van der Waals surface area contributed by atoms with Gasteiger partial charge in [0.1, 0.15) is 6.33 Å². The number of hydrogen-bond acceptors (Lipinski definition) is 5. The summed E-state index contributed by atoms with van der Waals surface area (Å²) in [5, 5.41) is -0.153. The maximum absolute atomic E-state index is 12.6. The van der Waals surface area contributed by atoms with Gasteiger partial charge in [-0.25, -0.2) is 9.97 Å². The second kappa shape index (κ2) is 6.32. The smallest absolute Gasteiger partial charge is 0.279 e. The van der Waals surface area contributed by atoms with Crippen molar-refractivity contribution < 1.29 is 13.2 Å². The van der Waals surface area contributed by atoms with Crippen LogP contribution in [0.2, 0.25) is 0 Å². The molecule has 0 fully saturated rings. The van der Waals surface area contributed by atoms with Crippen molar-refractivity contribution in [3.63, 3.8) is 0 Å². The topological polar surface area (TPSA) is 86.1 Å². The maximum Gasteiger partial charge on any atom is 0.279 e. The average molecular weight is 344 g/mol. The first-order chi connectivity index (χ1) is 11.5. The van der Waals surface area contributed by atoms with Crippen molar-refractivity contribution in [3.8, 4) is 11.6 Å². The first-order valence-electron chi connectivity index (χ1n) is 7.12. The first-order valence-corrected chi connectivity index (χ1v) is 8.61. The highest BCUT2D eigenvalue weighted by molar-refractivity contribution is 7.92. The lowest BCUT2D eigenvalue weighted by atomic mass is 10.2. The van der Waals surface area contributed by atoms with Gasteiger partial charge in [0.15, 0.2) is 5.03 Å². The van der Waals surface area contributed by atoms with E-state index in [2.05, 4.69) is 14.7 Å². The molecule has 0 saturated carbocycles. The predicted octanol–water partition coefficient (Wildman–Crippen LogP) is 2.39. The molecule has 0 aliphatic carbocycles. The van der Waals surface area contributed by atoms with Gasteiger partial charge in [-0.15, -0.1) is 0 Å². The van der Waals surface area contributed by atoms with E-state index in [-0.39, 0.29) is 10.9 Å². The number of benzene rings is 1. The zero-order valence-electron chi connectivity index (χ0n) is 13.2. The normalized spacial score (nSPS) is 11.2. The summed E-state index contributed by atoms with van der Waals surface area (Å²) in [7, 11) is -2.43. The molecule has 7 nitrogen and oxygen atoms in total. The Kier molecular flexibility index (Phi) is 4.22. The number of anilines is 1. The molecule has 0 bridgehead atoms. The van der Waals surface area contributed by atoms with Gasteiger partial charge in [-0.1, -0.05) is 6.07 Å². The first kappa shape index (κ1) is 16.0. The van der Waals surface area contributed by atoms with E-state index in [0.29, 0.717) is 5.69 Å². The molecular formula is C16H16N4O3S. The Hall–Kier alpha value is -2.87. The van der Waals surface area contributed by atoms with Gasteiger partial charge in [0, 0.05) is 24.1 Å². The molecule has 1 N–H and O–H groups in total. The van der Waals surface area contributed by atoms with Crippen molar-refractivity contribution in [1.29, 1.82) is 0 Å². The summed E-state index contributed by atoms with van der Waals surface area (Å²) in [4.78, 5) is 7.63. The molecular weight excluding hydrogens is 328 g/mol. The molecule has 2 heterocycles. The third kappa shape index (κ3) is 3.23. The fraction of sp³-hybridized carbons (Fsp3) is 0.125. The number of nitrogens with one attached hydrogen (secondary N) is 1. The molecule has 124 valence electrons. The van der Waals surface area contributed by atoms with E-state index in [1.807, 2.05) is 48.1 Å². The highest BCUT2D eigenvalue weighted by atomic mass is 32.2. The van der Waals surface area contributed by atoms with Crippen LogP contribution in [0.5, 0.6) is 5.88 Å². The van der Waals surface area contributed by atoms with Crippen LogP contribution < -0.4 is 9.46 Å². The number of sulfonamides is 1. The number of ether oxygens (including phenoxy) is 1. The van der Waals surface area contributed by atoms with Crippen molar-refractivity contribution >= 4 is 15.7 Å². The molecule has 0 aliphatic heterocycles. The largest absolute Gasteiger partial charge is 0.481 e. The molecule has 0 radical (unpaired) electrons. The van der Waals surface area contributed by atoms with Gasteiger partial charge in [0.25, 0.3) is 10.0 Å². The molecule has 3 aromatic rings. The molecule has 0 amide bonds. The minimum atomic E-state index is -3.84. The molecule has 0 spiro atoms. The quantitative estimate of drug-likeness (QED) is 0.718. The van der Waals surface area contributed by atoms with E-state index < -0.39 is 10.0 Å². The summed E-state index contributed by atoms with van der Waals surface area (Å²) in [5.74, 6) is 0.184. The van der Waals surface area contributed by atoms with Crippen LogP contribution in [0.3, 0.4) is 0 Å². The van der Waals surface area contributed by atoms with E-state index in [1.54, 1.807) is 6.07 Å². The lowest BCUT2D eigenvalue weighted by Crippen LogP contribution is -2.15. The fourth-order valence-corrected chi connectivity index (χ4v) is 3.22. The number of hydrogen-bond donors (Lipinski definition) is 1. The predicted molar refractivity (Wildman–Crippen MR) is 89.9 cm³/mol. The molecule has 2 aromatic heterocycles. The zero-order chi connectivity index (χ0) is 17.2. The van der Waals surface area contributed by atoms with E-state index in [1.165, 1.54) is 13.2 Å². The van der Waals surface area contributed by atoms with Crippen LogP contribution in [-0.2, 0) is 10.0 Å². The van der Waals surface area contributed by atoms with Crippen LogP contribution in [0, 0.1) is 6.92 Å². The molecule has 24 heavy (non-hydrogen) atoms. The average Bonchev–Trinajstić information content (AvgIpc) is 3.11. The van der Waals surface area contributed by atoms with Crippen molar-refractivity contribution in [1.82, 2.24) is 14.5 Å². The highest BCUT2D eigenvalue weighted by Gasteiger charge is 2.18. The minimum absolute atomic E-state index is 0.153. The molecule has 0 aliphatic rings. The second-order valence-electron chi connectivity index (χ2n) is 5.09. The number of nitrogens with zero attached hydrogens (tertiary/aromatic N) is 3. The van der Waals surface area contributed by atoms with E-state index in [9.17, 15) is 8.42 Å². The number of rotatable bonds is 5. The SMILES string of the molecule is COc1cc(S(=O)(=O)Nc2cc(-n3cccc3)ccc2C)ncn1. The van der Waals surface area contributed by atoms with Crippen molar-refractivity contribution in [2.24, 2.45) is 0 Å². The molecule has 1 aromatic carbocycles. The highest BCUT2D eigenvalue weighted by Crippen LogP contribution is 2.23. The summed E-state index contributed by atoms with van der Waals surface area (Å²) in [6, 6.07) is 10.6. The van der Waals surface area contributed by atoms with Crippen LogP contribution in [0.15, 0.2) is 60.1 Å². The van der Waals surface area contributed by atoms with Crippen LogP contribution in [-0.4, -0.2) is 30.1 Å². The van der Waals surface area contributed by atoms with Gasteiger partial charge in [-0.05, 0) is 36.8 Å². The summed E-state index contributed by atoms with van der Waals surface area (Å²) >= 11 is 0.